The van der Waals surface area contributed by atoms with Crippen LogP contribution in [0.15, 0.2) is 30.5 Å². The monoisotopic (exact) mass is 324 g/mol. The van der Waals surface area contributed by atoms with Crippen molar-refractivity contribution in [3.05, 3.63) is 46.7 Å². The summed E-state index contributed by atoms with van der Waals surface area (Å²) in [6, 6.07) is 6.32. The maximum absolute atomic E-state index is 12.8. The average molecular weight is 324 g/mol. The smallest absolute Gasteiger partial charge is 0.252 e. The van der Waals surface area contributed by atoms with Crippen molar-refractivity contribution < 1.29 is 18.7 Å². The molecule has 0 spiro atoms. The van der Waals surface area contributed by atoms with Crippen molar-refractivity contribution in [1.82, 2.24) is 4.98 Å². The second kappa shape index (κ2) is 8.57. The molecule has 1 heterocycles. The predicted octanol–water partition coefficient (Wildman–Crippen LogP) is 2.47. The third-order valence-corrected chi connectivity index (χ3v) is 3.67. The summed E-state index contributed by atoms with van der Waals surface area (Å²) in [7, 11) is 1.57. The topological polar surface area (TPSA) is 60.5 Å². The van der Waals surface area contributed by atoms with Gasteiger partial charge >= 0.3 is 0 Å². The van der Waals surface area contributed by atoms with Crippen molar-refractivity contribution in [2.45, 2.75) is 6.42 Å². The van der Waals surface area contributed by atoms with Gasteiger partial charge in [-0.15, -0.1) is 11.3 Å². The number of hydrogen-bond donors (Lipinski definition) is 1. The van der Waals surface area contributed by atoms with E-state index >= 15 is 0 Å². The minimum atomic E-state index is -0.255. The lowest BCUT2D eigenvalue weighted by Gasteiger charge is -2.03. The Morgan fingerprint density at radius 2 is 2.09 bits per heavy atom. The van der Waals surface area contributed by atoms with Gasteiger partial charge < -0.3 is 9.47 Å². The molecule has 2 aromatic rings. The fourth-order valence-corrected chi connectivity index (χ4v) is 2.58. The Morgan fingerprint density at radius 3 is 2.82 bits per heavy atom. The first-order valence-corrected chi connectivity index (χ1v) is 7.54. The minimum absolute atomic E-state index is 0.0315. The van der Waals surface area contributed by atoms with Gasteiger partial charge in [-0.05, 0) is 17.7 Å². The van der Waals surface area contributed by atoms with E-state index in [1.165, 1.54) is 23.5 Å². The molecule has 22 heavy (non-hydrogen) atoms. The van der Waals surface area contributed by atoms with Gasteiger partial charge in [-0.25, -0.2) is 9.37 Å². The number of hydrogen-bond acceptors (Lipinski definition) is 5. The normalized spacial score (nSPS) is 10.6. The maximum atomic E-state index is 12.8. The summed E-state index contributed by atoms with van der Waals surface area (Å²) in [6.07, 6.45) is 2.35. The number of methoxy groups -OCH3 is 1. The molecule has 0 radical (unpaired) electrons. The van der Waals surface area contributed by atoms with Crippen LogP contribution in [0.4, 0.5) is 9.52 Å². The van der Waals surface area contributed by atoms with Crippen molar-refractivity contribution >= 4 is 22.4 Å². The number of aromatic nitrogens is 1. The van der Waals surface area contributed by atoms with Gasteiger partial charge in [-0.1, -0.05) is 12.1 Å². The molecule has 0 fully saturated rings. The van der Waals surface area contributed by atoms with Crippen molar-refractivity contribution in [2.24, 2.45) is 0 Å². The maximum Gasteiger partial charge on any atom is 0.252 e. The van der Waals surface area contributed by atoms with Gasteiger partial charge in [0.05, 0.1) is 13.2 Å². The van der Waals surface area contributed by atoms with Crippen LogP contribution in [0, 0.1) is 5.82 Å². The third kappa shape index (κ3) is 5.51. The second-order valence-electron chi connectivity index (χ2n) is 4.53. The summed E-state index contributed by atoms with van der Waals surface area (Å²) in [5.41, 5.74) is 0.992. The van der Waals surface area contributed by atoms with Gasteiger partial charge in [0.2, 0.25) is 0 Å². The number of amides is 1. The zero-order valence-corrected chi connectivity index (χ0v) is 13.0. The fourth-order valence-electron chi connectivity index (χ4n) is 1.71. The van der Waals surface area contributed by atoms with E-state index in [0.29, 0.717) is 24.8 Å². The first kappa shape index (κ1) is 16.5. The highest BCUT2D eigenvalue weighted by Gasteiger charge is 2.07. The number of anilines is 1. The van der Waals surface area contributed by atoms with E-state index in [1.54, 1.807) is 25.4 Å². The van der Waals surface area contributed by atoms with Crippen molar-refractivity contribution in [2.75, 3.05) is 32.2 Å². The Hall–Kier alpha value is -1.83. The summed E-state index contributed by atoms with van der Waals surface area (Å²) in [6.45, 7) is 0.792. The molecule has 1 aromatic heterocycles. The van der Waals surface area contributed by atoms with Crippen LogP contribution in [0.3, 0.4) is 0 Å². The zero-order chi connectivity index (χ0) is 15.8. The van der Waals surface area contributed by atoms with Gasteiger partial charge in [0.15, 0.2) is 5.13 Å². The molecule has 118 valence electrons. The predicted molar refractivity (Wildman–Crippen MR) is 82.6 cm³/mol. The Bertz CT molecular complexity index is 601. The molecule has 0 bridgehead atoms. The summed E-state index contributed by atoms with van der Waals surface area (Å²) in [5.74, 6) is -0.506. The standard InChI is InChI=1S/C15H17FN2O3S/c1-20-6-7-21-10-14(19)18-15-17-9-13(22-15)8-11-2-4-12(16)5-3-11/h2-5,9H,6-8,10H2,1H3,(H,17,18,19). The Labute approximate surface area is 132 Å². The van der Waals surface area contributed by atoms with Gasteiger partial charge in [0.25, 0.3) is 5.91 Å². The number of halogens is 1. The lowest BCUT2D eigenvalue weighted by molar-refractivity contribution is -0.121. The number of ether oxygens (including phenoxy) is 2. The fraction of sp³-hybridized carbons (Fsp3) is 0.333. The van der Waals surface area contributed by atoms with E-state index in [4.69, 9.17) is 9.47 Å². The lowest BCUT2D eigenvalue weighted by atomic mass is 10.1. The molecule has 1 aromatic carbocycles. The number of nitrogens with one attached hydrogen (secondary N) is 1. The lowest BCUT2D eigenvalue weighted by Crippen LogP contribution is -2.19. The van der Waals surface area contributed by atoms with E-state index in [2.05, 4.69) is 10.3 Å². The highest BCUT2D eigenvalue weighted by Crippen LogP contribution is 2.21. The molecule has 2 rings (SSSR count). The molecule has 0 unspecified atom stereocenters. The first-order valence-electron chi connectivity index (χ1n) is 6.73. The zero-order valence-electron chi connectivity index (χ0n) is 12.2. The quantitative estimate of drug-likeness (QED) is 0.758. The van der Waals surface area contributed by atoms with E-state index in [0.717, 1.165) is 10.4 Å². The van der Waals surface area contributed by atoms with Crippen LogP contribution in [0.25, 0.3) is 0 Å². The molecule has 0 aliphatic rings. The first-order chi connectivity index (χ1) is 10.7. The summed E-state index contributed by atoms with van der Waals surface area (Å²) >= 11 is 1.39. The molecular weight excluding hydrogens is 307 g/mol. The number of nitrogens with zero attached hydrogens (tertiary/aromatic N) is 1. The number of rotatable bonds is 8. The van der Waals surface area contributed by atoms with Gasteiger partial charge in [-0.2, -0.15) is 0 Å². The van der Waals surface area contributed by atoms with Crippen LogP contribution < -0.4 is 5.32 Å². The van der Waals surface area contributed by atoms with Crippen molar-refractivity contribution in [3.8, 4) is 0 Å². The van der Waals surface area contributed by atoms with Gasteiger partial charge in [-0.3, -0.25) is 10.1 Å². The number of thiazole rings is 1. The Kier molecular flexibility index (Phi) is 6.45. The molecule has 1 amide bonds. The summed E-state index contributed by atoms with van der Waals surface area (Å²) in [4.78, 5) is 16.8. The van der Waals surface area contributed by atoms with E-state index in [9.17, 15) is 9.18 Å². The number of carbonyl (C=O) groups excluding carboxylic acids is 1. The molecule has 1 N–H and O–H groups in total. The van der Waals surface area contributed by atoms with E-state index < -0.39 is 0 Å². The largest absolute Gasteiger partial charge is 0.382 e. The number of benzene rings is 1. The highest BCUT2D eigenvalue weighted by atomic mass is 32.1. The molecule has 0 aliphatic carbocycles. The van der Waals surface area contributed by atoms with Gasteiger partial charge in [0, 0.05) is 24.6 Å². The molecule has 0 saturated heterocycles. The SMILES string of the molecule is COCCOCC(=O)Nc1ncc(Cc2ccc(F)cc2)s1. The Balaban J connectivity index is 1.80. The summed E-state index contributed by atoms with van der Waals surface area (Å²) in [5, 5.41) is 3.20. The van der Waals surface area contributed by atoms with Crippen molar-refractivity contribution in [3.63, 3.8) is 0 Å². The Morgan fingerprint density at radius 1 is 1.32 bits per heavy atom. The van der Waals surface area contributed by atoms with Crippen LogP contribution in [0.2, 0.25) is 0 Å². The molecule has 5 nitrogen and oxygen atoms in total. The van der Waals surface area contributed by atoms with Crippen LogP contribution in [0.5, 0.6) is 0 Å². The van der Waals surface area contributed by atoms with E-state index in [1.807, 2.05) is 0 Å². The van der Waals surface area contributed by atoms with Gasteiger partial charge in [0.1, 0.15) is 12.4 Å². The molecule has 7 heteroatoms. The van der Waals surface area contributed by atoms with Crippen LogP contribution in [-0.4, -0.2) is 37.8 Å². The second-order valence-corrected chi connectivity index (χ2v) is 5.64. The molecular formula is C15H17FN2O3S. The molecule has 0 saturated carbocycles. The van der Waals surface area contributed by atoms with Crippen LogP contribution >= 0.6 is 11.3 Å². The minimum Gasteiger partial charge on any atom is -0.382 e. The van der Waals surface area contributed by atoms with Crippen LogP contribution in [0.1, 0.15) is 10.4 Å². The van der Waals surface area contributed by atoms with E-state index in [-0.39, 0.29) is 18.3 Å². The summed E-state index contributed by atoms with van der Waals surface area (Å²) < 4.78 is 22.8. The number of carbonyl (C=O) groups is 1. The highest BCUT2D eigenvalue weighted by molar-refractivity contribution is 7.15. The van der Waals surface area contributed by atoms with Crippen molar-refractivity contribution in [1.29, 1.82) is 0 Å². The van der Waals surface area contributed by atoms with Crippen LogP contribution in [-0.2, 0) is 20.7 Å². The molecule has 0 atom stereocenters. The average Bonchev–Trinajstić information content (AvgIpc) is 2.93. The molecule has 0 aliphatic heterocycles. The third-order valence-electron chi connectivity index (χ3n) is 2.76.